The molecule has 2 rings (SSSR count). The molecule has 0 bridgehead atoms. The molecular formula is C8H5ClF2N2S. The first-order valence-electron chi connectivity index (χ1n) is 3.76. The Bertz CT molecular complexity index is 458. The van der Waals surface area contributed by atoms with E-state index in [1.54, 1.807) is 0 Å². The van der Waals surface area contributed by atoms with Crippen molar-refractivity contribution in [1.29, 1.82) is 0 Å². The van der Waals surface area contributed by atoms with Gasteiger partial charge in [0.25, 0.3) is 6.43 Å². The van der Waals surface area contributed by atoms with Crippen molar-refractivity contribution >= 4 is 32.6 Å². The SMILES string of the molecule is FC(F)c1cc(SCl)c2[nH]ncc2c1. The van der Waals surface area contributed by atoms with E-state index in [2.05, 4.69) is 10.2 Å². The molecule has 0 fully saturated rings. The molecule has 0 amide bonds. The van der Waals surface area contributed by atoms with Gasteiger partial charge < -0.3 is 0 Å². The second kappa shape index (κ2) is 3.74. The second-order valence-electron chi connectivity index (χ2n) is 2.73. The van der Waals surface area contributed by atoms with Gasteiger partial charge in [0.15, 0.2) is 0 Å². The summed E-state index contributed by atoms with van der Waals surface area (Å²) in [5, 5.41) is 7.12. The van der Waals surface area contributed by atoms with Gasteiger partial charge in [0.1, 0.15) is 0 Å². The van der Waals surface area contributed by atoms with Crippen LogP contribution in [0.1, 0.15) is 12.0 Å². The summed E-state index contributed by atoms with van der Waals surface area (Å²) < 4.78 is 24.9. The van der Waals surface area contributed by atoms with Crippen LogP contribution in [0, 0.1) is 0 Å². The van der Waals surface area contributed by atoms with E-state index in [0.717, 1.165) is 11.0 Å². The molecule has 14 heavy (non-hydrogen) atoms. The van der Waals surface area contributed by atoms with E-state index in [0.29, 0.717) is 15.8 Å². The molecule has 0 aliphatic rings. The lowest BCUT2D eigenvalue weighted by molar-refractivity contribution is 0.151. The average Bonchev–Trinajstić information content (AvgIpc) is 2.63. The first-order valence-corrected chi connectivity index (χ1v) is 5.40. The monoisotopic (exact) mass is 234 g/mol. The van der Waals surface area contributed by atoms with Gasteiger partial charge in [-0.25, -0.2) is 8.78 Å². The zero-order chi connectivity index (χ0) is 10.1. The predicted octanol–water partition coefficient (Wildman–Crippen LogP) is 3.75. The van der Waals surface area contributed by atoms with Gasteiger partial charge in [0.05, 0.1) is 11.7 Å². The first kappa shape index (κ1) is 9.73. The van der Waals surface area contributed by atoms with Crippen LogP contribution in [0.5, 0.6) is 0 Å². The van der Waals surface area contributed by atoms with Gasteiger partial charge >= 0.3 is 0 Å². The van der Waals surface area contributed by atoms with E-state index in [9.17, 15) is 8.78 Å². The number of hydrogen-bond acceptors (Lipinski definition) is 2. The molecule has 0 aliphatic heterocycles. The maximum atomic E-state index is 12.4. The van der Waals surface area contributed by atoms with E-state index < -0.39 is 6.43 Å². The van der Waals surface area contributed by atoms with Gasteiger partial charge in [0, 0.05) is 15.8 Å². The molecule has 0 spiro atoms. The molecule has 1 aromatic heterocycles. The Morgan fingerprint density at radius 2 is 2.21 bits per heavy atom. The molecule has 0 unspecified atom stereocenters. The number of rotatable bonds is 2. The number of hydrogen-bond donors (Lipinski definition) is 1. The third kappa shape index (κ3) is 1.57. The number of nitrogens with zero attached hydrogens (tertiary/aromatic N) is 1. The molecule has 1 aromatic carbocycles. The third-order valence-electron chi connectivity index (χ3n) is 1.87. The zero-order valence-corrected chi connectivity index (χ0v) is 8.37. The van der Waals surface area contributed by atoms with Crippen LogP contribution in [0.2, 0.25) is 0 Å². The highest BCUT2D eigenvalue weighted by Gasteiger charge is 2.12. The fourth-order valence-electron chi connectivity index (χ4n) is 1.23. The summed E-state index contributed by atoms with van der Waals surface area (Å²) in [6.07, 6.45) is -0.991. The fraction of sp³-hybridized carbons (Fsp3) is 0.125. The Kier molecular flexibility index (Phi) is 2.60. The minimum absolute atomic E-state index is 0.0398. The predicted molar refractivity (Wildman–Crippen MR) is 52.8 cm³/mol. The molecule has 0 aliphatic carbocycles. The van der Waals surface area contributed by atoms with Crippen LogP contribution in [0.25, 0.3) is 10.9 Å². The summed E-state index contributed by atoms with van der Waals surface area (Å²) in [6, 6.07) is 2.77. The lowest BCUT2D eigenvalue weighted by Gasteiger charge is -2.02. The van der Waals surface area contributed by atoms with Crippen molar-refractivity contribution in [3.63, 3.8) is 0 Å². The molecule has 1 N–H and O–H groups in total. The summed E-state index contributed by atoms with van der Waals surface area (Å²) in [6.45, 7) is 0. The van der Waals surface area contributed by atoms with Crippen LogP contribution in [0.15, 0.2) is 23.2 Å². The van der Waals surface area contributed by atoms with Gasteiger partial charge in [-0.05, 0) is 33.8 Å². The third-order valence-corrected chi connectivity index (χ3v) is 2.86. The van der Waals surface area contributed by atoms with Crippen LogP contribution < -0.4 is 0 Å². The van der Waals surface area contributed by atoms with Crippen molar-refractivity contribution in [2.45, 2.75) is 11.3 Å². The first-order chi connectivity index (χ1) is 6.72. The number of aromatic amines is 1. The molecular weight excluding hydrogens is 230 g/mol. The summed E-state index contributed by atoms with van der Waals surface area (Å²) in [7, 11) is 6.47. The van der Waals surface area contributed by atoms with Crippen molar-refractivity contribution in [2.75, 3.05) is 0 Å². The van der Waals surface area contributed by atoms with Crippen LogP contribution in [-0.4, -0.2) is 10.2 Å². The number of fused-ring (bicyclic) bond motifs is 1. The molecule has 0 saturated heterocycles. The Morgan fingerprint density at radius 1 is 1.43 bits per heavy atom. The van der Waals surface area contributed by atoms with Crippen molar-refractivity contribution in [3.05, 3.63) is 23.9 Å². The highest BCUT2D eigenvalue weighted by atomic mass is 35.7. The summed E-state index contributed by atoms with van der Waals surface area (Å²) in [5.74, 6) is 0. The van der Waals surface area contributed by atoms with Gasteiger partial charge in [-0.1, -0.05) is 0 Å². The largest absolute Gasteiger partial charge is 0.277 e. The summed E-state index contributed by atoms with van der Waals surface area (Å²) >= 11 is 0. The maximum absolute atomic E-state index is 12.4. The molecule has 2 nitrogen and oxygen atoms in total. The van der Waals surface area contributed by atoms with Crippen molar-refractivity contribution in [1.82, 2.24) is 10.2 Å². The topological polar surface area (TPSA) is 28.7 Å². The summed E-state index contributed by atoms with van der Waals surface area (Å²) in [4.78, 5) is 0.567. The zero-order valence-electron chi connectivity index (χ0n) is 6.80. The lowest BCUT2D eigenvalue weighted by Crippen LogP contribution is -1.85. The van der Waals surface area contributed by atoms with Crippen molar-refractivity contribution in [2.24, 2.45) is 0 Å². The molecule has 1 heterocycles. The fourth-order valence-corrected chi connectivity index (χ4v) is 2.02. The highest BCUT2D eigenvalue weighted by Crippen LogP contribution is 2.33. The summed E-state index contributed by atoms with van der Waals surface area (Å²) in [5.41, 5.74) is 0.649. The van der Waals surface area contributed by atoms with Crippen LogP contribution in [0.3, 0.4) is 0 Å². The Labute approximate surface area is 87.1 Å². The van der Waals surface area contributed by atoms with Crippen LogP contribution in [-0.2, 0) is 0 Å². The van der Waals surface area contributed by atoms with Crippen molar-refractivity contribution in [3.8, 4) is 0 Å². The van der Waals surface area contributed by atoms with Crippen LogP contribution >= 0.6 is 21.7 Å². The molecule has 0 radical (unpaired) electrons. The normalized spacial score (nSPS) is 11.4. The smallest absolute Gasteiger partial charge is 0.263 e. The van der Waals surface area contributed by atoms with E-state index in [-0.39, 0.29) is 5.56 Å². The number of H-pyrrole nitrogens is 1. The van der Waals surface area contributed by atoms with Crippen LogP contribution in [0.4, 0.5) is 8.78 Å². The van der Waals surface area contributed by atoms with E-state index >= 15 is 0 Å². The van der Waals surface area contributed by atoms with Gasteiger partial charge in [0.2, 0.25) is 0 Å². The number of benzene rings is 1. The number of halogens is 3. The van der Waals surface area contributed by atoms with E-state index in [1.165, 1.54) is 18.3 Å². The second-order valence-corrected chi connectivity index (χ2v) is 3.79. The molecule has 0 atom stereocenters. The maximum Gasteiger partial charge on any atom is 0.263 e. The molecule has 74 valence electrons. The minimum Gasteiger partial charge on any atom is -0.277 e. The van der Waals surface area contributed by atoms with E-state index in [1.807, 2.05) is 0 Å². The van der Waals surface area contributed by atoms with E-state index in [4.69, 9.17) is 10.7 Å². The van der Waals surface area contributed by atoms with Gasteiger partial charge in [-0.2, -0.15) is 5.10 Å². The standard InChI is InChI=1S/C8H5ClF2N2S/c9-14-6-2-4(8(10)11)1-5-3-12-13-7(5)6/h1-3,8H,(H,12,13). The number of alkyl halides is 2. The Balaban J connectivity index is 2.67. The van der Waals surface area contributed by atoms with Crippen molar-refractivity contribution < 1.29 is 8.78 Å². The Morgan fingerprint density at radius 3 is 2.86 bits per heavy atom. The average molecular weight is 235 g/mol. The minimum atomic E-state index is -2.49. The number of nitrogens with one attached hydrogen (secondary N) is 1. The van der Waals surface area contributed by atoms with Gasteiger partial charge in [-0.3, -0.25) is 5.10 Å². The number of aromatic nitrogens is 2. The molecule has 6 heteroatoms. The van der Waals surface area contributed by atoms with Gasteiger partial charge in [-0.15, -0.1) is 0 Å². The highest BCUT2D eigenvalue weighted by molar-refractivity contribution is 8.21. The molecule has 2 aromatic rings. The molecule has 0 saturated carbocycles. The lowest BCUT2D eigenvalue weighted by atomic mass is 10.2. The quantitative estimate of drug-likeness (QED) is 0.857. The Hall–Kier alpha value is -0.810.